The van der Waals surface area contributed by atoms with Crippen LogP contribution in [0.5, 0.6) is 0 Å². The summed E-state index contributed by atoms with van der Waals surface area (Å²) in [5.74, 6) is 6.51. The highest BCUT2D eigenvalue weighted by atomic mass is 15.5. The minimum Gasteiger partial charge on any atom is -0.294 e. The van der Waals surface area contributed by atoms with Crippen molar-refractivity contribution in [1.82, 2.24) is 15.1 Å². The minimum absolute atomic E-state index is 0.620. The van der Waals surface area contributed by atoms with E-state index in [4.69, 9.17) is 0 Å². The summed E-state index contributed by atoms with van der Waals surface area (Å²) in [6.07, 6.45) is 44.3. The first-order chi connectivity index (χ1) is 21.7. The highest BCUT2D eigenvalue weighted by Gasteiger charge is 2.67. The molecule has 1 spiro atoms. The van der Waals surface area contributed by atoms with Crippen LogP contribution in [-0.4, -0.2) is 46.3 Å². The van der Waals surface area contributed by atoms with Gasteiger partial charge in [0.05, 0.1) is 12.3 Å². The van der Waals surface area contributed by atoms with E-state index in [0.29, 0.717) is 17.7 Å². The number of nitrogens with zero attached hydrogens (tertiary/aromatic N) is 2. The topological polar surface area (TPSA) is 18.5 Å². The van der Waals surface area contributed by atoms with Gasteiger partial charge in [-0.1, -0.05) is 63.3 Å². The number of hydrogen-bond donors (Lipinski definition) is 1. The van der Waals surface area contributed by atoms with Crippen molar-refractivity contribution >= 4 is 0 Å². The summed E-state index contributed by atoms with van der Waals surface area (Å²) < 4.78 is 0. The number of piperidine rings is 1. The number of allylic oxidation sites excluding steroid dienone is 2. The zero-order chi connectivity index (χ0) is 29.3. The first-order valence-corrected chi connectivity index (χ1v) is 20.4. The Hall–Kier alpha value is -0.640. The molecular weight excluding hydrogens is 534 g/mol. The maximum absolute atomic E-state index is 4.22. The molecule has 1 N–H and O–H groups in total. The molecule has 7 aliphatic carbocycles. The van der Waals surface area contributed by atoms with Gasteiger partial charge in [-0.15, -0.1) is 0 Å². The molecular formula is C41H65N3. The lowest BCUT2D eigenvalue weighted by atomic mass is 9.44. The van der Waals surface area contributed by atoms with Gasteiger partial charge in [0.25, 0.3) is 0 Å². The molecule has 2 aliphatic heterocycles. The average Bonchev–Trinajstić information content (AvgIpc) is 3.26. The summed E-state index contributed by atoms with van der Waals surface area (Å²) in [6.45, 7) is 2.60. The summed E-state index contributed by atoms with van der Waals surface area (Å²) in [5.41, 5.74) is 0.657. The third-order valence-electron chi connectivity index (χ3n) is 16.0. The lowest BCUT2D eigenvalue weighted by Crippen LogP contribution is -2.76. The highest BCUT2D eigenvalue weighted by Crippen LogP contribution is 2.70. The van der Waals surface area contributed by atoms with Crippen LogP contribution >= 0.6 is 0 Å². The molecule has 0 amide bonds. The maximum atomic E-state index is 4.22. The Kier molecular flexibility index (Phi) is 8.12. The second kappa shape index (κ2) is 12.1. The van der Waals surface area contributed by atoms with E-state index in [-0.39, 0.29) is 0 Å². The van der Waals surface area contributed by atoms with E-state index in [1.54, 1.807) is 32.1 Å². The molecule has 3 nitrogen and oxygen atoms in total. The van der Waals surface area contributed by atoms with E-state index < -0.39 is 0 Å². The summed E-state index contributed by atoms with van der Waals surface area (Å²) >= 11 is 0. The van der Waals surface area contributed by atoms with Crippen molar-refractivity contribution in [3.8, 4) is 0 Å². The molecule has 0 aromatic rings. The van der Waals surface area contributed by atoms with Gasteiger partial charge in [0.2, 0.25) is 0 Å². The Balaban J connectivity index is 0.965. The molecule has 9 atom stereocenters. The SMILES string of the molecule is CC1CC2CCC(C1)C21C2C=CCCC2N(C2CCC(N3C(C4C=CCCC4)NC3C3CCCCC3)CC2)C2CCCCC21. The van der Waals surface area contributed by atoms with Crippen LogP contribution in [0.1, 0.15) is 148 Å². The van der Waals surface area contributed by atoms with E-state index in [1.165, 1.54) is 109 Å². The van der Waals surface area contributed by atoms with Gasteiger partial charge in [-0.05, 0) is 150 Å². The van der Waals surface area contributed by atoms with Crippen molar-refractivity contribution in [1.29, 1.82) is 0 Å². The zero-order valence-electron chi connectivity index (χ0n) is 28.3. The lowest BCUT2D eigenvalue weighted by Gasteiger charge is -2.68. The number of rotatable bonds is 4. The van der Waals surface area contributed by atoms with Gasteiger partial charge < -0.3 is 0 Å². The summed E-state index contributed by atoms with van der Waals surface area (Å²) in [5, 5.41) is 4.22. The first kappa shape index (κ1) is 29.5. The smallest absolute Gasteiger partial charge is 0.0689 e. The number of hydrogen-bond acceptors (Lipinski definition) is 3. The Labute approximate surface area is 270 Å². The van der Waals surface area contributed by atoms with Crippen molar-refractivity contribution in [2.45, 2.75) is 185 Å². The number of likely N-dealkylation sites (tertiary alicyclic amines) is 1. The van der Waals surface area contributed by atoms with Crippen LogP contribution < -0.4 is 5.32 Å². The van der Waals surface area contributed by atoms with Gasteiger partial charge in [-0.2, -0.15) is 0 Å². The molecule has 44 heavy (non-hydrogen) atoms. The van der Waals surface area contributed by atoms with Gasteiger partial charge in [-0.3, -0.25) is 15.1 Å². The van der Waals surface area contributed by atoms with Gasteiger partial charge in [0, 0.05) is 30.1 Å². The molecule has 3 heteroatoms. The van der Waals surface area contributed by atoms with Gasteiger partial charge in [0.15, 0.2) is 0 Å². The van der Waals surface area contributed by atoms with E-state index in [9.17, 15) is 0 Å². The molecule has 0 aromatic carbocycles. The summed E-state index contributed by atoms with van der Waals surface area (Å²) in [4.78, 5) is 6.43. The van der Waals surface area contributed by atoms with Crippen molar-refractivity contribution in [3.05, 3.63) is 24.3 Å². The van der Waals surface area contributed by atoms with Gasteiger partial charge >= 0.3 is 0 Å². The summed E-state index contributed by atoms with van der Waals surface area (Å²) in [6, 6.07) is 3.41. The molecule has 0 radical (unpaired) electrons. The van der Waals surface area contributed by atoms with Crippen LogP contribution in [0.2, 0.25) is 0 Å². The van der Waals surface area contributed by atoms with Crippen molar-refractivity contribution < 1.29 is 0 Å². The fraction of sp³-hybridized carbons (Fsp3) is 0.902. The third-order valence-corrected chi connectivity index (χ3v) is 16.0. The molecule has 0 aromatic heterocycles. The second-order valence-electron chi connectivity index (χ2n) is 17.9. The Morgan fingerprint density at radius 2 is 1.30 bits per heavy atom. The van der Waals surface area contributed by atoms with Gasteiger partial charge in [0.1, 0.15) is 0 Å². The quantitative estimate of drug-likeness (QED) is 0.325. The van der Waals surface area contributed by atoms with Crippen LogP contribution in [0.4, 0.5) is 0 Å². The third kappa shape index (κ3) is 4.65. The molecule has 7 fully saturated rings. The van der Waals surface area contributed by atoms with Crippen LogP contribution in [0, 0.1) is 46.8 Å². The van der Waals surface area contributed by atoms with Crippen molar-refractivity contribution in [2.75, 3.05) is 0 Å². The molecule has 244 valence electrons. The minimum atomic E-state index is 0.620. The fourth-order valence-corrected chi connectivity index (χ4v) is 14.7. The Bertz CT molecular complexity index is 1050. The predicted octanol–water partition coefficient (Wildman–Crippen LogP) is 9.44. The first-order valence-electron chi connectivity index (χ1n) is 20.4. The normalized spacial score (nSPS) is 51.6. The van der Waals surface area contributed by atoms with Crippen LogP contribution in [-0.2, 0) is 0 Å². The molecule has 2 bridgehead atoms. The molecule has 9 aliphatic rings. The Morgan fingerprint density at radius 3 is 2.05 bits per heavy atom. The van der Waals surface area contributed by atoms with E-state index in [2.05, 4.69) is 46.3 Å². The maximum Gasteiger partial charge on any atom is 0.0689 e. The van der Waals surface area contributed by atoms with Crippen LogP contribution in [0.25, 0.3) is 0 Å². The molecule has 9 unspecified atom stereocenters. The van der Waals surface area contributed by atoms with Crippen molar-refractivity contribution in [2.24, 2.45) is 46.8 Å². The molecule has 2 saturated heterocycles. The molecule has 5 saturated carbocycles. The standard InChI is InChI=1S/C41H65N3/c1-28-26-31-20-21-32(27-28)41(31)35-16-8-10-18-37(35)43(38-19-11-9-17-36(38)41)33-22-24-34(25-23-33)44-39(29-12-4-2-5-13-29)42-40(44)30-14-6-3-7-15-30/h4,8,12,16,28-40,42H,2-3,5-7,9-11,13-15,17-27H2,1H3. The van der Waals surface area contributed by atoms with Crippen molar-refractivity contribution in [3.63, 3.8) is 0 Å². The second-order valence-corrected chi connectivity index (χ2v) is 17.9. The monoisotopic (exact) mass is 600 g/mol. The molecule has 9 rings (SSSR count). The lowest BCUT2D eigenvalue weighted by molar-refractivity contribution is -0.184. The zero-order valence-corrected chi connectivity index (χ0v) is 28.3. The van der Waals surface area contributed by atoms with Crippen LogP contribution in [0.15, 0.2) is 24.3 Å². The highest BCUT2D eigenvalue weighted by molar-refractivity contribution is 5.22. The fourth-order valence-electron chi connectivity index (χ4n) is 14.7. The Morgan fingerprint density at radius 1 is 0.591 bits per heavy atom. The molecule has 2 heterocycles. The van der Waals surface area contributed by atoms with E-state index >= 15 is 0 Å². The number of fused-ring (bicyclic) bond motifs is 2. The predicted molar refractivity (Wildman–Crippen MR) is 182 cm³/mol. The van der Waals surface area contributed by atoms with Gasteiger partial charge in [-0.25, -0.2) is 0 Å². The number of nitrogens with one attached hydrogen (secondary N) is 1. The van der Waals surface area contributed by atoms with Crippen LogP contribution in [0.3, 0.4) is 0 Å². The average molecular weight is 600 g/mol. The van der Waals surface area contributed by atoms with E-state index in [1.807, 2.05) is 0 Å². The van der Waals surface area contributed by atoms with E-state index in [0.717, 1.165) is 65.6 Å². The largest absolute Gasteiger partial charge is 0.294 e. The summed E-state index contributed by atoms with van der Waals surface area (Å²) in [7, 11) is 0.